The number of ketones is 1. The molecule has 0 aliphatic carbocycles. The first kappa shape index (κ1) is 20.0. The van der Waals surface area contributed by atoms with Gasteiger partial charge < -0.3 is 10.6 Å². The standard InChI is InChI=1S/C19H25FN3O3/c1-3-13(2)11-18(25)23(16-9-6-10-21-12-17(16)24)19(26)22-15-8-5-4-7-14(15)20/h4-5,7-8,13,16,21H,1,3,6,9-12H2,2H3,(H,22,26)/t13-,16?/m0/s1. The average molecular weight is 362 g/mol. The molecule has 1 unspecified atom stereocenters. The number of benzene rings is 1. The molecule has 1 aliphatic rings. The Balaban J connectivity index is 2.26. The quantitative estimate of drug-likeness (QED) is 0.844. The summed E-state index contributed by atoms with van der Waals surface area (Å²) in [6.45, 7) is 6.37. The molecular weight excluding hydrogens is 337 g/mol. The Hall–Kier alpha value is -2.28. The molecule has 1 radical (unpaired) electrons. The van der Waals surface area contributed by atoms with E-state index < -0.39 is 23.8 Å². The zero-order chi connectivity index (χ0) is 19.1. The van der Waals surface area contributed by atoms with Crippen LogP contribution in [0.2, 0.25) is 0 Å². The minimum atomic E-state index is -0.846. The van der Waals surface area contributed by atoms with Crippen molar-refractivity contribution in [3.63, 3.8) is 0 Å². The van der Waals surface area contributed by atoms with Crippen LogP contribution in [0.25, 0.3) is 0 Å². The number of para-hydroxylation sites is 1. The van der Waals surface area contributed by atoms with Crippen molar-refractivity contribution in [1.82, 2.24) is 10.2 Å². The third-order valence-corrected chi connectivity index (χ3v) is 4.43. The number of rotatable bonds is 5. The fourth-order valence-corrected chi connectivity index (χ4v) is 2.85. The van der Waals surface area contributed by atoms with Crippen molar-refractivity contribution in [3.05, 3.63) is 37.0 Å². The van der Waals surface area contributed by atoms with Gasteiger partial charge in [-0.1, -0.05) is 32.4 Å². The molecule has 2 rings (SSSR count). The predicted octanol–water partition coefficient (Wildman–Crippen LogP) is 2.76. The molecule has 1 aromatic carbocycles. The molecule has 1 aromatic rings. The SMILES string of the molecule is [CH2]C[C@H](C)CC(=O)N(C(=O)Nc1ccccc1F)C1CCCNCC1=O. The molecule has 0 bridgehead atoms. The summed E-state index contributed by atoms with van der Waals surface area (Å²) in [5, 5.41) is 5.40. The third kappa shape index (κ3) is 5.11. The van der Waals surface area contributed by atoms with Crippen LogP contribution in [0.1, 0.15) is 32.6 Å². The molecule has 0 aromatic heterocycles. The molecule has 7 heteroatoms. The second-order valence-corrected chi connectivity index (χ2v) is 6.57. The maximum atomic E-state index is 13.9. The van der Waals surface area contributed by atoms with Crippen molar-refractivity contribution in [2.75, 3.05) is 18.4 Å². The van der Waals surface area contributed by atoms with Crippen molar-refractivity contribution in [2.24, 2.45) is 5.92 Å². The molecule has 1 aliphatic heterocycles. The lowest BCUT2D eigenvalue weighted by atomic mass is 10.0. The fraction of sp³-hybridized carbons (Fsp3) is 0.474. The van der Waals surface area contributed by atoms with Crippen LogP contribution in [0.5, 0.6) is 0 Å². The lowest BCUT2D eigenvalue weighted by Gasteiger charge is -2.29. The lowest BCUT2D eigenvalue weighted by Crippen LogP contribution is -2.51. The normalized spacial score (nSPS) is 18.7. The summed E-state index contributed by atoms with van der Waals surface area (Å²) in [7, 11) is 0. The lowest BCUT2D eigenvalue weighted by molar-refractivity contribution is -0.136. The van der Waals surface area contributed by atoms with Gasteiger partial charge in [0.1, 0.15) is 11.9 Å². The van der Waals surface area contributed by atoms with Crippen LogP contribution >= 0.6 is 0 Å². The van der Waals surface area contributed by atoms with Gasteiger partial charge in [-0.15, -0.1) is 0 Å². The summed E-state index contributed by atoms with van der Waals surface area (Å²) in [5.74, 6) is -1.30. The van der Waals surface area contributed by atoms with E-state index in [1.54, 1.807) is 6.07 Å². The van der Waals surface area contributed by atoms with E-state index in [1.807, 2.05) is 6.92 Å². The van der Waals surface area contributed by atoms with Crippen LogP contribution in [0, 0.1) is 18.7 Å². The monoisotopic (exact) mass is 362 g/mol. The third-order valence-electron chi connectivity index (χ3n) is 4.43. The van der Waals surface area contributed by atoms with Gasteiger partial charge in [0, 0.05) is 6.42 Å². The second-order valence-electron chi connectivity index (χ2n) is 6.57. The molecule has 0 spiro atoms. The first-order valence-electron chi connectivity index (χ1n) is 8.84. The van der Waals surface area contributed by atoms with E-state index in [9.17, 15) is 18.8 Å². The highest BCUT2D eigenvalue weighted by atomic mass is 19.1. The molecule has 141 valence electrons. The number of amides is 3. The largest absolute Gasteiger partial charge is 0.329 e. The zero-order valence-corrected chi connectivity index (χ0v) is 15.0. The Morgan fingerprint density at radius 3 is 2.85 bits per heavy atom. The number of Topliss-reactive ketones (excluding diaryl/α,β-unsaturated/α-hetero) is 1. The van der Waals surface area contributed by atoms with E-state index in [0.717, 1.165) is 4.90 Å². The van der Waals surface area contributed by atoms with E-state index in [4.69, 9.17) is 0 Å². The van der Waals surface area contributed by atoms with Gasteiger partial charge in [-0.2, -0.15) is 0 Å². The van der Waals surface area contributed by atoms with Crippen molar-refractivity contribution in [2.45, 2.75) is 38.6 Å². The number of anilines is 1. The molecule has 2 N–H and O–H groups in total. The molecule has 2 atom stereocenters. The average Bonchev–Trinajstić information content (AvgIpc) is 2.82. The summed E-state index contributed by atoms with van der Waals surface area (Å²) in [6, 6.07) is 4.08. The second kappa shape index (κ2) is 9.43. The van der Waals surface area contributed by atoms with Crippen molar-refractivity contribution < 1.29 is 18.8 Å². The van der Waals surface area contributed by atoms with Crippen molar-refractivity contribution in [3.8, 4) is 0 Å². The number of carbonyl (C=O) groups is 3. The Bertz CT molecular complexity index is 665. The van der Waals surface area contributed by atoms with Crippen LogP contribution in [-0.2, 0) is 9.59 Å². The Kier molecular flexibility index (Phi) is 7.26. The molecule has 26 heavy (non-hydrogen) atoms. The highest BCUT2D eigenvalue weighted by Gasteiger charge is 2.35. The molecular formula is C19H25FN3O3. The summed E-state index contributed by atoms with van der Waals surface area (Å²) < 4.78 is 13.9. The van der Waals surface area contributed by atoms with Gasteiger partial charge in [0.25, 0.3) is 0 Å². The Morgan fingerprint density at radius 2 is 2.15 bits per heavy atom. The minimum absolute atomic E-state index is 0.0229. The van der Waals surface area contributed by atoms with Crippen molar-refractivity contribution >= 4 is 23.4 Å². The van der Waals surface area contributed by atoms with E-state index in [1.165, 1.54) is 18.2 Å². The zero-order valence-electron chi connectivity index (χ0n) is 15.0. The van der Waals surface area contributed by atoms with E-state index in [-0.39, 0.29) is 30.4 Å². The van der Waals surface area contributed by atoms with Gasteiger partial charge in [0.15, 0.2) is 5.78 Å². The van der Waals surface area contributed by atoms with Gasteiger partial charge in [0.2, 0.25) is 5.91 Å². The Labute approximate surface area is 153 Å². The molecule has 0 saturated carbocycles. The van der Waals surface area contributed by atoms with Crippen LogP contribution in [0.15, 0.2) is 24.3 Å². The van der Waals surface area contributed by atoms with Gasteiger partial charge in [-0.05, 0) is 37.4 Å². The summed E-state index contributed by atoms with van der Waals surface area (Å²) in [4.78, 5) is 38.9. The Morgan fingerprint density at radius 1 is 1.42 bits per heavy atom. The molecule has 6 nitrogen and oxygen atoms in total. The van der Waals surface area contributed by atoms with Crippen molar-refractivity contribution in [1.29, 1.82) is 0 Å². The maximum Gasteiger partial charge on any atom is 0.329 e. The summed E-state index contributed by atoms with van der Waals surface area (Å²) >= 11 is 0. The first-order chi connectivity index (χ1) is 12.4. The molecule has 1 saturated heterocycles. The number of hydrogen-bond acceptors (Lipinski definition) is 4. The number of hydrogen-bond donors (Lipinski definition) is 2. The van der Waals surface area contributed by atoms with E-state index >= 15 is 0 Å². The number of carbonyl (C=O) groups excluding carboxylic acids is 3. The van der Waals surface area contributed by atoms with E-state index in [0.29, 0.717) is 25.8 Å². The fourth-order valence-electron chi connectivity index (χ4n) is 2.85. The van der Waals surface area contributed by atoms with Crippen LogP contribution in [0.3, 0.4) is 0 Å². The van der Waals surface area contributed by atoms with Gasteiger partial charge in [-0.3, -0.25) is 14.5 Å². The first-order valence-corrected chi connectivity index (χ1v) is 8.84. The van der Waals surface area contributed by atoms with Gasteiger partial charge >= 0.3 is 6.03 Å². The summed E-state index contributed by atoms with van der Waals surface area (Å²) in [5.41, 5.74) is -0.0281. The predicted molar refractivity (Wildman–Crippen MR) is 96.9 cm³/mol. The minimum Gasteiger partial charge on any atom is -0.310 e. The maximum absolute atomic E-state index is 13.9. The van der Waals surface area contributed by atoms with Crippen LogP contribution in [-0.4, -0.2) is 41.8 Å². The highest BCUT2D eigenvalue weighted by molar-refractivity contribution is 6.05. The number of halogens is 1. The molecule has 3 amide bonds. The molecule has 1 heterocycles. The number of nitrogens with one attached hydrogen (secondary N) is 2. The topological polar surface area (TPSA) is 78.5 Å². The van der Waals surface area contributed by atoms with Gasteiger partial charge in [0.05, 0.1) is 12.2 Å². The van der Waals surface area contributed by atoms with Gasteiger partial charge in [-0.25, -0.2) is 9.18 Å². The summed E-state index contributed by atoms with van der Waals surface area (Å²) in [6.07, 6.45) is 1.69. The smallest absolute Gasteiger partial charge is 0.310 e. The number of nitrogens with zero attached hydrogens (tertiary/aromatic N) is 1. The highest BCUT2D eigenvalue weighted by Crippen LogP contribution is 2.19. The van der Waals surface area contributed by atoms with Crippen LogP contribution in [0.4, 0.5) is 14.9 Å². The molecule has 1 fully saturated rings. The van der Waals surface area contributed by atoms with Crippen LogP contribution < -0.4 is 10.6 Å². The number of imide groups is 1. The number of urea groups is 1. The van der Waals surface area contributed by atoms with E-state index in [2.05, 4.69) is 17.6 Å².